The van der Waals surface area contributed by atoms with E-state index in [-0.39, 0.29) is 12.4 Å². The van der Waals surface area contributed by atoms with Crippen molar-refractivity contribution >= 4 is 33.3 Å². The molecule has 0 spiro atoms. The number of halogens is 1. The van der Waals surface area contributed by atoms with Crippen molar-refractivity contribution in [3.63, 3.8) is 0 Å². The predicted octanol–water partition coefficient (Wildman–Crippen LogP) is 2.57. The SMILES string of the molecule is COCC(C)(NC(=O)c1sc2ccc(F)cc2c1C)C(=O)O. The van der Waals surface area contributed by atoms with Gasteiger partial charge in [0.2, 0.25) is 0 Å². The van der Waals surface area contributed by atoms with Gasteiger partial charge in [-0.3, -0.25) is 4.79 Å². The number of rotatable bonds is 5. The Balaban J connectivity index is 2.37. The van der Waals surface area contributed by atoms with Gasteiger partial charge in [0.15, 0.2) is 5.54 Å². The van der Waals surface area contributed by atoms with Crippen LogP contribution in [-0.2, 0) is 9.53 Å². The second-order valence-electron chi connectivity index (χ2n) is 5.22. The molecule has 0 aliphatic carbocycles. The molecule has 1 aromatic carbocycles. The van der Waals surface area contributed by atoms with Crippen molar-refractivity contribution in [2.24, 2.45) is 0 Å². The number of hydrogen-bond donors (Lipinski definition) is 2. The van der Waals surface area contributed by atoms with Gasteiger partial charge in [0.05, 0.1) is 11.5 Å². The summed E-state index contributed by atoms with van der Waals surface area (Å²) in [6.45, 7) is 2.92. The molecule has 0 saturated heterocycles. The van der Waals surface area contributed by atoms with Crippen LogP contribution in [0.4, 0.5) is 4.39 Å². The molecule has 0 saturated carbocycles. The fourth-order valence-electron chi connectivity index (χ4n) is 2.16. The lowest BCUT2D eigenvalue weighted by molar-refractivity contribution is -0.145. The molecule has 0 aliphatic rings. The van der Waals surface area contributed by atoms with Crippen LogP contribution in [0.3, 0.4) is 0 Å². The van der Waals surface area contributed by atoms with Gasteiger partial charge < -0.3 is 15.2 Å². The Morgan fingerprint density at radius 3 is 2.73 bits per heavy atom. The lowest BCUT2D eigenvalue weighted by Crippen LogP contribution is -2.55. The van der Waals surface area contributed by atoms with E-state index in [1.807, 2.05) is 0 Å². The van der Waals surface area contributed by atoms with E-state index in [9.17, 15) is 19.1 Å². The Hall–Kier alpha value is -1.99. The first-order valence-corrected chi connectivity index (χ1v) is 7.33. The number of thiophene rings is 1. The molecule has 7 heteroatoms. The summed E-state index contributed by atoms with van der Waals surface area (Å²) in [5, 5.41) is 12.4. The topological polar surface area (TPSA) is 75.6 Å². The van der Waals surface area contributed by atoms with Gasteiger partial charge in [0, 0.05) is 11.8 Å². The minimum Gasteiger partial charge on any atom is -0.479 e. The number of amides is 1. The molecule has 0 fully saturated rings. The molecular formula is C15H16FNO4S. The van der Waals surface area contributed by atoms with Crippen molar-refractivity contribution < 1.29 is 23.8 Å². The zero-order chi connectivity index (χ0) is 16.5. The number of carbonyl (C=O) groups is 2. The minimum absolute atomic E-state index is 0.160. The number of nitrogens with one attached hydrogen (secondary N) is 1. The van der Waals surface area contributed by atoms with Gasteiger partial charge in [0.1, 0.15) is 5.82 Å². The van der Waals surface area contributed by atoms with E-state index < -0.39 is 17.4 Å². The molecule has 22 heavy (non-hydrogen) atoms. The van der Waals surface area contributed by atoms with Crippen LogP contribution in [0.1, 0.15) is 22.2 Å². The smallest absolute Gasteiger partial charge is 0.331 e. The highest BCUT2D eigenvalue weighted by molar-refractivity contribution is 7.21. The molecule has 2 N–H and O–H groups in total. The number of aliphatic carboxylic acids is 1. The van der Waals surface area contributed by atoms with Crippen LogP contribution in [0.5, 0.6) is 0 Å². The first-order chi connectivity index (χ1) is 10.3. The molecule has 1 aromatic heterocycles. The Morgan fingerprint density at radius 2 is 2.14 bits per heavy atom. The third-order valence-corrected chi connectivity index (χ3v) is 4.67. The summed E-state index contributed by atoms with van der Waals surface area (Å²) in [5.74, 6) is -2.08. The van der Waals surface area contributed by atoms with Crippen molar-refractivity contribution in [3.8, 4) is 0 Å². The molecular weight excluding hydrogens is 309 g/mol. The maximum absolute atomic E-state index is 13.3. The normalized spacial score (nSPS) is 13.8. The van der Waals surface area contributed by atoms with Gasteiger partial charge in [0.25, 0.3) is 5.91 Å². The van der Waals surface area contributed by atoms with Crippen molar-refractivity contribution in [2.45, 2.75) is 19.4 Å². The number of carboxylic acid groups (broad SMARTS) is 1. The quantitative estimate of drug-likeness (QED) is 0.886. The molecule has 5 nitrogen and oxygen atoms in total. The maximum atomic E-state index is 13.3. The Kier molecular flexibility index (Phi) is 4.48. The van der Waals surface area contributed by atoms with Crippen molar-refractivity contribution in [2.75, 3.05) is 13.7 Å². The Bertz CT molecular complexity index is 742. The van der Waals surface area contributed by atoms with E-state index >= 15 is 0 Å². The number of methoxy groups -OCH3 is 1. The molecule has 1 heterocycles. The average molecular weight is 325 g/mol. The zero-order valence-electron chi connectivity index (χ0n) is 12.4. The highest BCUT2D eigenvalue weighted by Gasteiger charge is 2.36. The van der Waals surface area contributed by atoms with Gasteiger partial charge in [-0.2, -0.15) is 0 Å². The number of carbonyl (C=O) groups excluding carboxylic acids is 1. The number of benzene rings is 1. The second-order valence-corrected chi connectivity index (χ2v) is 6.27. The lowest BCUT2D eigenvalue weighted by Gasteiger charge is -2.25. The summed E-state index contributed by atoms with van der Waals surface area (Å²) < 4.78 is 19.0. The zero-order valence-corrected chi connectivity index (χ0v) is 13.2. The van der Waals surface area contributed by atoms with E-state index in [0.29, 0.717) is 15.8 Å². The molecule has 2 rings (SSSR count). The van der Waals surface area contributed by atoms with Crippen LogP contribution in [-0.4, -0.2) is 36.2 Å². The summed E-state index contributed by atoms with van der Waals surface area (Å²) in [4.78, 5) is 24.1. The monoisotopic (exact) mass is 325 g/mol. The number of hydrogen-bond acceptors (Lipinski definition) is 4. The van der Waals surface area contributed by atoms with E-state index in [1.54, 1.807) is 13.0 Å². The summed E-state index contributed by atoms with van der Waals surface area (Å²) >= 11 is 1.20. The van der Waals surface area contributed by atoms with E-state index in [1.165, 1.54) is 37.5 Å². The summed E-state index contributed by atoms with van der Waals surface area (Å²) in [6.07, 6.45) is 0. The van der Waals surface area contributed by atoms with Crippen LogP contribution in [0.15, 0.2) is 18.2 Å². The molecule has 0 bridgehead atoms. The van der Waals surface area contributed by atoms with E-state index in [4.69, 9.17) is 4.74 Å². The second kappa shape index (κ2) is 6.02. The highest BCUT2D eigenvalue weighted by Crippen LogP contribution is 2.31. The lowest BCUT2D eigenvalue weighted by atomic mass is 10.0. The molecule has 2 aromatic rings. The maximum Gasteiger partial charge on any atom is 0.331 e. The van der Waals surface area contributed by atoms with E-state index in [2.05, 4.69) is 5.32 Å². The standard InChI is InChI=1S/C15H16FNO4S/c1-8-10-6-9(16)4-5-11(10)22-12(8)13(18)17-15(2,7-21-3)14(19)20/h4-6H,7H2,1-3H3,(H,17,18)(H,19,20). The van der Waals surface area contributed by atoms with E-state index in [0.717, 1.165) is 4.70 Å². The number of aryl methyl sites for hydroxylation is 1. The molecule has 1 amide bonds. The third-order valence-electron chi connectivity index (χ3n) is 3.40. The van der Waals surface area contributed by atoms with Crippen LogP contribution >= 0.6 is 11.3 Å². The largest absolute Gasteiger partial charge is 0.479 e. The average Bonchev–Trinajstić information content (AvgIpc) is 2.76. The highest BCUT2D eigenvalue weighted by atomic mass is 32.1. The summed E-state index contributed by atoms with van der Waals surface area (Å²) in [5.41, 5.74) is -0.901. The Morgan fingerprint density at radius 1 is 1.45 bits per heavy atom. The van der Waals surface area contributed by atoms with Crippen LogP contribution in [0.25, 0.3) is 10.1 Å². The summed E-state index contributed by atoms with van der Waals surface area (Å²) in [6, 6.07) is 4.29. The number of fused-ring (bicyclic) bond motifs is 1. The number of carboxylic acids is 1. The fraction of sp³-hybridized carbons (Fsp3) is 0.333. The van der Waals surface area contributed by atoms with Gasteiger partial charge in [-0.25, -0.2) is 9.18 Å². The fourth-order valence-corrected chi connectivity index (χ4v) is 3.24. The van der Waals surface area contributed by atoms with Crippen molar-refractivity contribution in [1.29, 1.82) is 0 Å². The summed E-state index contributed by atoms with van der Waals surface area (Å²) in [7, 11) is 1.36. The van der Waals surface area contributed by atoms with Gasteiger partial charge in [-0.1, -0.05) is 0 Å². The predicted molar refractivity (Wildman–Crippen MR) is 81.9 cm³/mol. The van der Waals surface area contributed by atoms with Crippen LogP contribution in [0, 0.1) is 12.7 Å². The van der Waals surface area contributed by atoms with Gasteiger partial charge >= 0.3 is 5.97 Å². The minimum atomic E-state index is -1.53. The van der Waals surface area contributed by atoms with Crippen LogP contribution in [0.2, 0.25) is 0 Å². The molecule has 1 unspecified atom stereocenters. The first-order valence-electron chi connectivity index (χ1n) is 6.52. The molecule has 0 radical (unpaired) electrons. The van der Waals surface area contributed by atoms with Gasteiger partial charge in [-0.15, -0.1) is 11.3 Å². The van der Waals surface area contributed by atoms with Crippen molar-refractivity contribution in [1.82, 2.24) is 5.32 Å². The van der Waals surface area contributed by atoms with Crippen molar-refractivity contribution in [3.05, 3.63) is 34.5 Å². The van der Waals surface area contributed by atoms with Crippen LogP contribution < -0.4 is 5.32 Å². The first kappa shape index (κ1) is 16.4. The Labute approximate surface area is 130 Å². The molecule has 0 aliphatic heterocycles. The number of ether oxygens (including phenoxy) is 1. The molecule has 1 atom stereocenters. The molecule has 118 valence electrons. The third kappa shape index (κ3) is 2.95. The van der Waals surface area contributed by atoms with Gasteiger partial charge in [-0.05, 0) is 43.0 Å².